The van der Waals surface area contributed by atoms with Gasteiger partial charge in [-0.05, 0) is 120 Å². The van der Waals surface area contributed by atoms with Gasteiger partial charge in [0, 0.05) is 66.8 Å². The highest BCUT2D eigenvalue weighted by Crippen LogP contribution is 2.59. The lowest BCUT2D eigenvalue weighted by Gasteiger charge is -2.31. The number of benzene rings is 8. The molecule has 0 unspecified atom stereocenters. The van der Waals surface area contributed by atoms with Gasteiger partial charge in [-0.1, -0.05) is 178 Å². The van der Waals surface area contributed by atoms with E-state index in [1.54, 1.807) is 0 Å². The smallest absolute Gasteiger partial charge is 0.198 e. The van der Waals surface area contributed by atoms with Crippen LogP contribution in [0.3, 0.4) is 0 Å². The summed E-state index contributed by atoms with van der Waals surface area (Å²) in [6.07, 6.45) is 0. The number of anilines is 2. The zero-order valence-electron chi connectivity index (χ0n) is 41.0. The van der Waals surface area contributed by atoms with E-state index in [1.165, 1.54) is 105 Å². The van der Waals surface area contributed by atoms with Gasteiger partial charge in [-0.15, -0.1) is 0 Å². The molecule has 0 saturated heterocycles. The van der Waals surface area contributed by atoms with E-state index < -0.39 is 0 Å². The van der Waals surface area contributed by atoms with E-state index in [1.807, 2.05) is 0 Å². The van der Waals surface area contributed by atoms with Gasteiger partial charge in [0.15, 0.2) is 7.28 Å². The van der Waals surface area contributed by atoms with Crippen LogP contribution in [0.5, 0.6) is 0 Å². The van der Waals surface area contributed by atoms with E-state index in [0.29, 0.717) is 0 Å². The lowest BCUT2D eigenvalue weighted by atomic mass is 9.57. The predicted octanol–water partition coefficient (Wildman–Crippen LogP) is 15.5. The monoisotopic (exact) mass is 880 g/mol. The van der Waals surface area contributed by atoms with E-state index in [0.717, 1.165) is 40.9 Å². The molecule has 3 aliphatic rings. The number of hydrogen-bond donors (Lipinski definition) is 1. The molecule has 1 aliphatic heterocycles. The van der Waals surface area contributed by atoms with Gasteiger partial charge in [0.2, 0.25) is 0 Å². The van der Waals surface area contributed by atoms with Crippen LogP contribution in [0.15, 0.2) is 156 Å². The molecule has 2 aromatic heterocycles. The molecule has 3 heterocycles. The first kappa shape index (κ1) is 41.2. The molecule has 0 atom stereocenters. The van der Waals surface area contributed by atoms with Gasteiger partial charge in [0.1, 0.15) is 11.3 Å². The zero-order chi connectivity index (χ0) is 46.8. The minimum Gasteiger partial charge on any atom is -0.456 e. The van der Waals surface area contributed by atoms with Crippen molar-refractivity contribution in [2.75, 3.05) is 5.32 Å². The second-order valence-electron chi connectivity index (χ2n) is 23.1. The molecule has 0 fully saturated rings. The fraction of sp³-hybridized carbons (Fsp3) is 0.219. The standard InChI is InChI=1S/C64H57BN2O/c1-61(2,3)38-24-27-40(28-25-38)66-50-34-48-43(41-20-14-16-22-46(41)63(48,7)8)33-44(50)57-58-55(42-21-15-17-23-47(42)64(58,9)10)56-45-32-39(62(4,5)6)26-29-51(45)67-52-35-54-37(30-49(52)65-59(57)60(56)67)31-53(68-54)36-18-12-11-13-19-36/h11-35,65-66H,1-10H3. The van der Waals surface area contributed by atoms with E-state index >= 15 is 0 Å². The quantitative estimate of drug-likeness (QED) is 0.179. The van der Waals surface area contributed by atoms with Crippen molar-refractivity contribution < 1.29 is 4.42 Å². The first-order valence-corrected chi connectivity index (χ1v) is 24.5. The molecular formula is C64H57BN2O. The predicted molar refractivity (Wildman–Crippen MR) is 290 cm³/mol. The number of hydrogen-bond acceptors (Lipinski definition) is 2. The van der Waals surface area contributed by atoms with Crippen LogP contribution in [0.1, 0.15) is 103 Å². The molecule has 2 aliphatic carbocycles. The van der Waals surface area contributed by atoms with E-state index in [-0.39, 0.29) is 21.7 Å². The van der Waals surface area contributed by atoms with Crippen LogP contribution in [0, 0.1) is 0 Å². The number of fused-ring (bicyclic) bond motifs is 13. The number of aromatic nitrogens is 1. The van der Waals surface area contributed by atoms with Gasteiger partial charge in [0.25, 0.3) is 0 Å². The maximum atomic E-state index is 6.76. The van der Waals surface area contributed by atoms with Crippen molar-refractivity contribution in [3.05, 3.63) is 185 Å². The van der Waals surface area contributed by atoms with Gasteiger partial charge < -0.3 is 14.3 Å². The molecular weight excluding hydrogens is 824 g/mol. The van der Waals surface area contributed by atoms with Gasteiger partial charge in [-0.2, -0.15) is 0 Å². The average Bonchev–Trinajstić information content (AvgIpc) is 4.02. The summed E-state index contributed by atoms with van der Waals surface area (Å²) in [5, 5.41) is 7.90. The van der Waals surface area contributed by atoms with Crippen molar-refractivity contribution in [2.24, 2.45) is 0 Å². The van der Waals surface area contributed by atoms with Crippen LogP contribution in [0.25, 0.3) is 83.2 Å². The van der Waals surface area contributed by atoms with Gasteiger partial charge in [0.05, 0.1) is 5.52 Å². The Morgan fingerprint density at radius 2 is 1.22 bits per heavy atom. The topological polar surface area (TPSA) is 30.1 Å². The minimum atomic E-state index is -0.302. The summed E-state index contributed by atoms with van der Waals surface area (Å²) in [5.74, 6) is 0.892. The third-order valence-corrected chi connectivity index (χ3v) is 16.1. The van der Waals surface area contributed by atoms with Crippen LogP contribution in [0.4, 0.5) is 11.4 Å². The van der Waals surface area contributed by atoms with Crippen molar-refractivity contribution >= 4 is 62.4 Å². The highest BCUT2D eigenvalue weighted by atomic mass is 16.3. The van der Waals surface area contributed by atoms with Crippen LogP contribution in [0.2, 0.25) is 0 Å². The zero-order valence-corrected chi connectivity index (χ0v) is 41.0. The summed E-state index contributed by atoms with van der Waals surface area (Å²) in [7, 11) is 0.782. The largest absolute Gasteiger partial charge is 0.456 e. The maximum absolute atomic E-state index is 6.76. The summed E-state index contributed by atoms with van der Waals surface area (Å²) in [4.78, 5) is 0. The lowest BCUT2D eigenvalue weighted by molar-refractivity contribution is 0.590. The Bertz CT molecular complexity index is 3790. The van der Waals surface area contributed by atoms with Crippen molar-refractivity contribution in [1.82, 2.24) is 4.57 Å². The van der Waals surface area contributed by atoms with Crippen molar-refractivity contribution in [3.63, 3.8) is 0 Å². The first-order valence-electron chi connectivity index (χ1n) is 24.5. The number of furan rings is 1. The molecule has 0 amide bonds. The van der Waals surface area contributed by atoms with Crippen LogP contribution >= 0.6 is 0 Å². The Morgan fingerprint density at radius 1 is 0.559 bits per heavy atom. The average molecular weight is 881 g/mol. The fourth-order valence-corrected chi connectivity index (χ4v) is 12.5. The molecule has 0 bridgehead atoms. The number of nitrogens with zero attached hydrogens (tertiary/aromatic N) is 1. The third-order valence-electron chi connectivity index (χ3n) is 16.1. The molecule has 4 heteroatoms. The molecule has 332 valence electrons. The third kappa shape index (κ3) is 5.73. The summed E-state index contributed by atoms with van der Waals surface area (Å²) in [6, 6.07) is 57.3. The Balaban J connectivity index is 1.18. The normalized spacial score (nSPS) is 15.0. The molecule has 13 rings (SSSR count). The molecule has 0 saturated carbocycles. The molecule has 0 spiro atoms. The Kier molecular flexibility index (Phi) is 8.35. The van der Waals surface area contributed by atoms with Crippen LogP contribution in [-0.4, -0.2) is 11.8 Å². The first-order chi connectivity index (χ1) is 32.5. The molecule has 3 nitrogen and oxygen atoms in total. The molecule has 1 N–H and O–H groups in total. The highest BCUT2D eigenvalue weighted by molar-refractivity contribution is 6.74. The number of rotatable bonds is 4. The second-order valence-corrected chi connectivity index (χ2v) is 23.1. The lowest BCUT2D eigenvalue weighted by Crippen LogP contribution is -2.38. The molecule has 10 aromatic rings. The van der Waals surface area contributed by atoms with Gasteiger partial charge in [-0.3, -0.25) is 0 Å². The van der Waals surface area contributed by atoms with E-state index in [9.17, 15) is 0 Å². The van der Waals surface area contributed by atoms with Crippen molar-refractivity contribution in [3.8, 4) is 50.4 Å². The summed E-state index contributed by atoms with van der Waals surface area (Å²) in [5.41, 5.74) is 26.3. The van der Waals surface area contributed by atoms with Gasteiger partial charge >= 0.3 is 0 Å². The SMILES string of the molecule is CC(C)(C)c1ccc(Nc2cc3c(cc2-c2c4c(c5c6cc(C(C)(C)C)ccc6n6c5c2Bc2cc5cc(-c7ccccc7)oc5cc2-6)-c2ccccc2C4(C)C)-c2ccccc2C3(C)C)cc1. The Labute approximate surface area is 401 Å². The van der Waals surface area contributed by atoms with Gasteiger partial charge in [-0.25, -0.2) is 0 Å². The molecule has 8 aromatic carbocycles. The molecule has 0 radical (unpaired) electrons. The molecule has 68 heavy (non-hydrogen) atoms. The number of nitrogens with one attached hydrogen (secondary N) is 1. The minimum absolute atomic E-state index is 0.0296. The summed E-state index contributed by atoms with van der Waals surface area (Å²) < 4.78 is 9.37. The van der Waals surface area contributed by atoms with E-state index in [2.05, 4.69) is 231 Å². The van der Waals surface area contributed by atoms with Crippen LogP contribution < -0.4 is 16.2 Å². The second kappa shape index (κ2) is 13.8. The Morgan fingerprint density at radius 3 is 1.94 bits per heavy atom. The Hall–Kier alpha value is -7.04. The van der Waals surface area contributed by atoms with Crippen molar-refractivity contribution in [1.29, 1.82) is 0 Å². The highest BCUT2D eigenvalue weighted by Gasteiger charge is 2.44. The summed E-state index contributed by atoms with van der Waals surface area (Å²) >= 11 is 0. The van der Waals surface area contributed by atoms with E-state index in [4.69, 9.17) is 4.42 Å². The maximum Gasteiger partial charge on any atom is 0.198 e. The summed E-state index contributed by atoms with van der Waals surface area (Å²) in [6.45, 7) is 23.6. The fourth-order valence-electron chi connectivity index (χ4n) is 12.5. The van der Waals surface area contributed by atoms with Crippen molar-refractivity contribution in [2.45, 2.75) is 90.9 Å². The van der Waals surface area contributed by atoms with Crippen LogP contribution in [-0.2, 0) is 21.7 Å².